The molecule has 2 aromatic rings. The Hall–Kier alpha value is -2.33. The van der Waals surface area contributed by atoms with Crippen molar-refractivity contribution in [3.63, 3.8) is 0 Å². The molecule has 0 bridgehead atoms. The molecule has 4 rings (SSSR count). The van der Waals surface area contributed by atoms with Gasteiger partial charge in [0.1, 0.15) is 0 Å². The Morgan fingerprint density at radius 3 is 2.78 bits per heavy atom. The second-order valence-electron chi connectivity index (χ2n) is 5.98. The minimum absolute atomic E-state index is 0.0104. The number of hydrogen-bond donors (Lipinski definition) is 1. The van der Waals surface area contributed by atoms with E-state index in [1.165, 1.54) is 0 Å². The summed E-state index contributed by atoms with van der Waals surface area (Å²) in [6.07, 6.45) is 1.60. The van der Waals surface area contributed by atoms with Crippen molar-refractivity contribution in [2.24, 2.45) is 0 Å². The van der Waals surface area contributed by atoms with E-state index in [2.05, 4.69) is 0 Å². The van der Waals surface area contributed by atoms with Gasteiger partial charge in [-0.1, -0.05) is 29.8 Å². The van der Waals surface area contributed by atoms with Crippen molar-refractivity contribution in [2.45, 2.75) is 25.4 Å². The van der Waals surface area contributed by atoms with Gasteiger partial charge in [0.25, 0.3) is 5.91 Å². The van der Waals surface area contributed by atoms with Crippen LogP contribution in [0.3, 0.4) is 0 Å². The number of fused-ring (bicyclic) bond motifs is 2. The summed E-state index contributed by atoms with van der Waals surface area (Å²) in [5.41, 5.74) is 3.92. The molecule has 0 spiro atoms. The van der Waals surface area contributed by atoms with Gasteiger partial charge >= 0.3 is 5.97 Å². The molecule has 1 heterocycles. The lowest BCUT2D eigenvalue weighted by Gasteiger charge is -2.25. The van der Waals surface area contributed by atoms with E-state index >= 15 is 0 Å². The van der Waals surface area contributed by atoms with E-state index in [9.17, 15) is 9.59 Å². The first-order valence-corrected chi connectivity index (χ1v) is 7.88. The van der Waals surface area contributed by atoms with Crippen molar-refractivity contribution in [2.75, 3.05) is 0 Å². The minimum atomic E-state index is -0.923. The first-order valence-electron chi connectivity index (χ1n) is 7.50. The van der Waals surface area contributed by atoms with E-state index in [1.54, 1.807) is 18.2 Å². The van der Waals surface area contributed by atoms with Gasteiger partial charge in [0, 0.05) is 6.54 Å². The summed E-state index contributed by atoms with van der Waals surface area (Å²) in [6, 6.07) is 10.7. The van der Waals surface area contributed by atoms with Crippen molar-refractivity contribution in [3.8, 4) is 0 Å². The monoisotopic (exact) mass is 327 g/mol. The van der Waals surface area contributed by atoms with Crippen LogP contribution in [0.15, 0.2) is 36.4 Å². The number of aryl methyl sites for hydroxylation is 1. The van der Waals surface area contributed by atoms with Crippen LogP contribution < -0.4 is 0 Å². The van der Waals surface area contributed by atoms with Crippen LogP contribution in [0, 0.1) is 0 Å². The van der Waals surface area contributed by atoms with E-state index < -0.39 is 5.97 Å². The number of carboxylic acids is 1. The van der Waals surface area contributed by atoms with Gasteiger partial charge in [0.15, 0.2) is 0 Å². The van der Waals surface area contributed by atoms with Crippen LogP contribution in [-0.2, 0) is 13.0 Å². The molecule has 1 aliphatic carbocycles. The molecule has 1 amide bonds. The Bertz CT molecular complexity index is 846. The molecule has 4 nitrogen and oxygen atoms in total. The zero-order valence-corrected chi connectivity index (χ0v) is 13.0. The third-order valence-corrected chi connectivity index (χ3v) is 5.04. The third kappa shape index (κ3) is 2.13. The lowest BCUT2D eigenvalue weighted by Crippen LogP contribution is -2.27. The van der Waals surface area contributed by atoms with Crippen LogP contribution in [0.4, 0.5) is 0 Å². The van der Waals surface area contributed by atoms with E-state index in [0.29, 0.717) is 22.7 Å². The van der Waals surface area contributed by atoms with Gasteiger partial charge in [0.2, 0.25) is 0 Å². The molecular weight excluding hydrogens is 314 g/mol. The number of nitrogens with zero attached hydrogens (tertiary/aromatic N) is 1. The molecule has 116 valence electrons. The van der Waals surface area contributed by atoms with E-state index in [-0.39, 0.29) is 11.9 Å². The lowest BCUT2D eigenvalue weighted by molar-refractivity contribution is 0.0688. The number of halogens is 1. The van der Waals surface area contributed by atoms with Gasteiger partial charge in [-0.15, -0.1) is 0 Å². The Balaban J connectivity index is 1.69. The molecule has 0 fully saturated rings. The van der Waals surface area contributed by atoms with E-state index in [4.69, 9.17) is 16.7 Å². The van der Waals surface area contributed by atoms with Crippen molar-refractivity contribution < 1.29 is 14.7 Å². The summed E-state index contributed by atoms with van der Waals surface area (Å²) in [7, 11) is 0. The Labute approximate surface area is 138 Å². The quantitative estimate of drug-likeness (QED) is 0.915. The van der Waals surface area contributed by atoms with Gasteiger partial charge in [-0.2, -0.15) is 0 Å². The van der Waals surface area contributed by atoms with E-state index in [0.717, 1.165) is 29.5 Å². The van der Waals surface area contributed by atoms with Gasteiger partial charge in [-0.25, -0.2) is 4.79 Å². The molecule has 0 saturated heterocycles. The molecule has 5 heteroatoms. The fourth-order valence-corrected chi connectivity index (χ4v) is 3.92. The molecule has 0 aromatic heterocycles. The predicted octanol–water partition coefficient (Wildman–Crippen LogP) is 3.68. The second kappa shape index (κ2) is 5.10. The highest BCUT2D eigenvalue weighted by Gasteiger charge is 2.37. The van der Waals surface area contributed by atoms with Gasteiger partial charge in [-0.3, -0.25) is 4.79 Å². The lowest BCUT2D eigenvalue weighted by atomic mass is 10.0. The normalized spacial score (nSPS) is 18.9. The summed E-state index contributed by atoms with van der Waals surface area (Å²) in [5.74, 6) is -0.960. The molecule has 1 N–H and O–H groups in total. The fraction of sp³-hybridized carbons (Fsp3) is 0.222. The Morgan fingerprint density at radius 2 is 2.04 bits per heavy atom. The molecule has 0 unspecified atom stereocenters. The number of carboxylic acid groups (broad SMARTS) is 1. The largest absolute Gasteiger partial charge is 0.478 e. The first kappa shape index (κ1) is 14.3. The summed E-state index contributed by atoms with van der Waals surface area (Å²) in [6.45, 7) is 0.555. The summed E-state index contributed by atoms with van der Waals surface area (Å²) in [4.78, 5) is 25.7. The van der Waals surface area contributed by atoms with Crippen molar-refractivity contribution in [3.05, 3.63) is 69.2 Å². The zero-order chi connectivity index (χ0) is 16.1. The maximum absolute atomic E-state index is 12.7. The Morgan fingerprint density at radius 1 is 1.22 bits per heavy atom. The topological polar surface area (TPSA) is 57.6 Å². The zero-order valence-electron chi connectivity index (χ0n) is 12.3. The van der Waals surface area contributed by atoms with Gasteiger partial charge in [-0.05, 0) is 47.7 Å². The maximum Gasteiger partial charge on any atom is 0.335 e. The van der Waals surface area contributed by atoms with Crippen LogP contribution in [0.2, 0.25) is 5.02 Å². The first-order chi connectivity index (χ1) is 11.1. The van der Waals surface area contributed by atoms with Crippen LogP contribution in [0.5, 0.6) is 0 Å². The average Bonchev–Trinajstić information content (AvgIpc) is 3.08. The van der Waals surface area contributed by atoms with Crippen molar-refractivity contribution in [1.29, 1.82) is 0 Å². The highest BCUT2D eigenvalue weighted by atomic mass is 35.5. The summed E-state index contributed by atoms with van der Waals surface area (Å²) in [5, 5.41) is 9.60. The SMILES string of the molecule is O=C(O)c1ccc2c(c1)CC[C@H]2N1Cc2cccc(Cl)c2C1=O. The maximum atomic E-state index is 12.7. The molecule has 2 aromatic carbocycles. The number of carbonyl (C=O) groups is 2. The smallest absolute Gasteiger partial charge is 0.335 e. The second-order valence-corrected chi connectivity index (χ2v) is 6.39. The molecular formula is C18H14ClNO3. The number of rotatable bonds is 2. The number of carbonyl (C=O) groups excluding carboxylic acids is 1. The number of benzene rings is 2. The van der Waals surface area contributed by atoms with E-state index in [1.807, 2.05) is 23.1 Å². The highest BCUT2D eigenvalue weighted by Crippen LogP contribution is 2.41. The van der Waals surface area contributed by atoms with Crippen LogP contribution in [0.1, 0.15) is 49.9 Å². The molecule has 0 radical (unpaired) electrons. The Kier molecular flexibility index (Phi) is 3.16. The molecule has 0 saturated carbocycles. The standard InChI is InChI=1S/C18H14ClNO3/c19-14-3-1-2-12-9-20(17(21)16(12)14)15-7-5-10-8-11(18(22)23)4-6-13(10)15/h1-4,6,8,15H,5,7,9H2,(H,22,23)/t15-/m1/s1. The molecule has 2 aliphatic rings. The third-order valence-electron chi connectivity index (χ3n) is 4.73. The average molecular weight is 328 g/mol. The van der Waals surface area contributed by atoms with Crippen LogP contribution >= 0.6 is 11.6 Å². The van der Waals surface area contributed by atoms with Gasteiger partial charge < -0.3 is 10.0 Å². The summed E-state index contributed by atoms with van der Waals surface area (Å²) < 4.78 is 0. The van der Waals surface area contributed by atoms with Gasteiger partial charge in [0.05, 0.1) is 22.2 Å². The molecule has 1 aliphatic heterocycles. The highest BCUT2D eigenvalue weighted by molar-refractivity contribution is 6.34. The summed E-state index contributed by atoms with van der Waals surface area (Å²) >= 11 is 6.18. The fourth-order valence-electron chi connectivity index (χ4n) is 3.64. The van der Waals surface area contributed by atoms with Crippen molar-refractivity contribution in [1.82, 2.24) is 4.90 Å². The molecule has 23 heavy (non-hydrogen) atoms. The number of hydrogen-bond acceptors (Lipinski definition) is 2. The number of aromatic carboxylic acids is 1. The predicted molar refractivity (Wildman–Crippen MR) is 85.8 cm³/mol. The van der Waals surface area contributed by atoms with Crippen LogP contribution in [0.25, 0.3) is 0 Å². The number of amides is 1. The minimum Gasteiger partial charge on any atom is -0.478 e. The molecule has 1 atom stereocenters. The van der Waals surface area contributed by atoms with Crippen molar-refractivity contribution >= 4 is 23.5 Å². The van der Waals surface area contributed by atoms with Crippen LogP contribution in [-0.4, -0.2) is 21.9 Å².